The smallest absolute Gasteiger partial charge is 0.185 e. The third-order valence-electron chi connectivity index (χ3n) is 3.23. The number of carbonyl (C=O) groups excluding carboxylic acids is 1. The average Bonchev–Trinajstić information content (AvgIpc) is 2.67. The van der Waals surface area contributed by atoms with E-state index in [0.29, 0.717) is 17.5 Å². The monoisotopic (exact) mass is 223 g/mol. The van der Waals surface area contributed by atoms with Gasteiger partial charge < -0.3 is 0 Å². The summed E-state index contributed by atoms with van der Waals surface area (Å²) in [7, 11) is 0. The second-order valence-electron chi connectivity index (χ2n) is 4.85. The van der Waals surface area contributed by atoms with Crippen molar-refractivity contribution >= 4 is 17.1 Å². The van der Waals surface area contributed by atoms with Crippen molar-refractivity contribution in [1.29, 1.82) is 0 Å². The molecule has 2 nitrogen and oxygen atoms in total. The van der Waals surface area contributed by atoms with Crippen molar-refractivity contribution in [3.8, 4) is 0 Å². The van der Waals surface area contributed by atoms with Crippen LogP contribution in [0.2, 0.25) is 0 Å². The summed E-state index contributed by atoms with van der Waals surface area (Å²) in [4.78, 5) is 16.2. The summed E-state index contributed by atoms with van der Waals surface area (Å²) < 4.78 is 0. The molecule has 1 heterocycles. The highest BCUT2D eigenvalue weighted by Crippen LogP contribution is 2.34. The molecule has 1 fully saturated rings. The SMILES string of the molecule is CC1CC(C)CC(C(=O)c2cscn2)C1. The minimum Gasteiger partial charge on any atom is -0.292 e. The van der Waals surface area contributed by atoms with Crippen molar-refractivity contribution in [2.24, 2.45) is 17.8 Å². The summed E-state index contributed by atoms with van der Waals surface area (Å²) >= 11 is 1.50. The first-order valence-corrected chi connectivity index (χ1v) is 6.53. The highest BCUT2D eigenvalue weighted by atomic mass is 32.1. The quantitative estimate of drug-likeness (QED) is 0.719. The van der Waals surface area contributed by atoms with Crippen LogP contribution >= 0.6 is 11.3 Å². The fourth-order valence-corrected chi connectivity index (χ4v) is 3.25. The van der Waals surface area contributed by atoms with Gasteiger partial charge in [-0.15, -0.1) is 11.3 Å². The molecule has 15 heavy (non-hydrogen) atoms. The molecule has 1 aliphatic carbocycles. The largest absolute Gasteiger partial charge is 0.292 e. The lowest BCUT2D eigenvalue weighted by atomic mass is 9.74. The van der Waals surface area contributed by atoms with Gasteiger partial charge in [0.05, 0.1) is 5.51 Å². The molecule has 0 aromatic carbocycles. The Labute approximate surface area is 94.7 Å². The van der Waals surface area contributed by atoms with E-state index in [9.17, 15) is 4.79 Å². The number of Topliss-reactive ketones (excluding diaryl/α,β-unsaturated/α-hetero) is 1. The minimum atomic E-state index is 0.214. The van der Waals surface area contributed by atoms with Crippen molar-refractivity contribution in [2.45, 2.75) is 33.1 Å². The topological polar surface area (TPSA) is 30.0 Å². The van der Waals surface area contributed by atoms with Gasteiger partial charge in [0.25, 0.3) is 0 Å². The normalized spacial score (nSPS) is 31.5. The number of rotatable bonds is 2. The van der Waals surface area contributed by atoms with E-state index in [4.69, 9.17) is 0 Å². The van der Waals surface area contributed by atoms with E-state index in [0.717, 1.165) is 12.8 Å². The van der Waals surface area contributed by atoms with E-state index in [-0.39, 0.29) is 11.7 Å². The van der Waals surface area contributed by atoms with Crippen molar-refractivity contribution in [2.75, 3.05) is 0 Å². The fraction of sp³-hybridized carbons (Fsp3) is 0.667. The molecule has 0 spiro atoms. The zero-order valence-electron chi connectivity index (χ0n) is 9.27. The van der Waals surface area contributed by atoms with Gasteiger partial charge in [0.1, 0.15) is 5.69 Å². The van der Waals surface area contributed by atoms with Crippen LogP contribution in [0.3, 0.4) is 0 Å². The number of hydrogen-bond acceptors (Lipinski definition) is 3. The summed E-state index contributed by atoms with van der Waals surface area (Å²) in [5.41, 5.74) is 2.41. The van der Waals surface area contributed by atoms with Crippen LogP contribution in [0.25, 0.3) is 0 Å². The first-order valence-electron chi connectivity index (χ1n) is 5.59. The lowest BCUT2D eigenvalue weighted by molar-refractivity contribution is 0.0831. The maximum Gasteiger partial charge on any atom is 0.185 e. The molecule has 0 N–H and O–H groups in total. The van der Waals surface area contributed by atoms with Crippen LogP contribution in [0.4, 0.5) is 0 Å². The molecule has 1 aromatic rings. The number of aromatic nitrogens is 1. The Morgan fingerprint density at radius 1 is 1.33 bits per heavy atom. The summed E-state index contributed by atoms with van der Waals surface area (Å²) in [6.07, 6.45) is 3.35. The van der Waals surface area contributed by atoms with Crippen LogP contribution in [0.5, 0.6) is 0 Å². The zero-order chi connectivity index (χ0) is 10.8. The van der Waals surface area contributed by atoms with Crippen molar-refractivity contribution in [3.63, 3.8) is 0 Å². The van der Waals surface area contributed by atoms with Gasteiger partial charge in [0.15, 0.2) is 5.78 Å². The first-order chi connectivity index (χ1) is 7.16. The molecule has 0 saturated heterocycles. The van der Waals surface area contributed by atoms with E-state index < -0.39 is 0 Å². The summed E-state index contributed by atoms with van der Waals surface area (Å²) in [5.74, 6) is 1.84. The molecule has 1 saturated carbocycles. The number of nitrogens with zero attached hydrogens (tertiary/aromatic N) is 1. The van der Waals surface area contributed by atoms with Gasteiger partial charge in [-0.1, -0.05) is 13.8 Å². The third-order valence-corrected chi connectivity index (χ3v) is 3.82. The van der Waals surface area contributed by atoms with Gasteiger partial charge in [0.2, 0.25) is 0 Å². The van der Waals surface area contributed by atoms with E-state index >= 15 is 0 Å². The van der Waals surface area contributed by atoms with Gasteiger partial charge in [-0.3, -0.25) is 4.79 Å². The van der Waals surface area contributed by atoms with Gasteiger partial charge >= 0.3 is 0 Å². The van der Waals surface area contributed by atoms with Crippen LogP contribution in [-0.2, 0) is 0 Å². The van der Waals surface area contributed by atoms with Crippen molar-refractivity contribution in [3.05, 3.63) is 16.6 Å². The van der Waals surface area contributed by atoms with Crippen molar-refractivity contribution in [1.82, 2.24) is 4.98 Å². The lowest BCUT2D eigenvalue weighted by Crippen LogP contribution is -2.26. The van der Waals surface area contributed by atoms with Crippen LogP contribution in [0.1, 0.15) is 43.6 Å². The average molecular weight is 223 g/mol. The van der Waals surface area contributed by atoms with Gasteiger partial charge in [0, 0.05) is 11.3 Å². The van der Waals surface area contributed by atoms with Gasteiger partial charge in [-0.25, -0.2) is 4.98 Å². The second kappa shape index (κ2) is 4.44. The maximum atomic E-state index is 12.1. The Kier molecular flexibility index (Phi) is 3.19. The van der Waals surface area contributed by atoms with E-state index in [1.807, 2.05) is 5.38 Å². The zero-order valence-corrected chi connectivity index (χ0v) is 10.1. The molecule has 0 bridgehead atoms. The van der Waals surface area contributed by atoms with E-state index in [2.05, 4.69) is 18.8 Å². The number of carbonyl (C=O) groups is 1. The Morgan fingerprint density at radius 2 is 2.00 bits per heavy atom. The molecule has 0 aliphatic heterocycles. The van der Waals surface area contributed by atoms with E-state index in [1.54, 1.807) is 5.51 Å². The molecule has 0 radical (unpaired) electrons. The Bertz CT molecular complexity index is 323. The molecular formula is C12H17NOS. The molecule has 0 amide bonds. The minimum absolute atomic E-state index is 0.214. The van der Waals surface area contributed by atoms with Crippen LogP contribution in [0, 0.1) is 17.8 Å². The number of hydrogen-bond donors (Lipinski definition) is 0. The summed E-state index contributed by atoms with van der Waals surface area (Å²) in [6.45, 7) is 4.49. The molecule has 1 aromatic heterocycles. The third kappa shape index (κ3) is 2.46. The Morgan fingerprint density at radius 3 is 2.53 bits per heavy atom. The van der Waals surface area contributed by atoms with Crippen LogP contribution in [0.15, 0.2) is 10.9 Å². The van der Waals surface area contributed by atoms with Crippen LogP contribution < -0.4 is 0 Å². The maximum absolute atomic E-state index is 12.1. The molecular weight excluding hydrogens is 206 g/mol. The molecule has 2 unspecified atom stereocenters. The summed E-state index contributed by atoms with van der Waals surface area (Å²) in [5, 5.41) is 1.87. The highest BCUT2D eigenvalue weighted by molar-refractivity contribution is 7.07. The predicted molar refractivity (Wildman–Crippen MR) is 62.1 cm³/mol. The number of thiazole rings is 1. The Balaban J connectivity index is 2.07. The molecule has 2 atom stereocenters. The van der Waals surface area contributed by atoms with Gasteiger partial charge in [-0.2, -0.15) is 0 Å². The summed E-state index contributed by atoms with van der Waals surface area (Å²) in [6, 6.07) is 0. The van der Waals surface area contributed by atoms with Crippen LogP contribution in [-0.4, -0.2) is 10.8 Å². The number of ketones is 1. The fourth-order valence-electron chi connectivity index (χ4n) is 2.70. The molecule has 1 aliphatic rings. The lowest BCUT2D eigenvalue weighted by Gasteiger charge is -2.30. The highest BCUT2D eigenvalue weighted by Gasteiger charge is 2.30. The van der Waals surface area contributed by atoms with Crippen molar-refractivity contribution < 1.29 is 4.79 Å². The van der Waals surface area contributed by atoms with Gasteiger partial charge in [-0.05, 0) is 31.1 Å². The molecule has 2 rings (SSSR count). The van der Waals surface area contributed by atoms with E-state index in [1.165, 1.54) is 17.8 Å². The standard InChI is InChI=1S/C12H17NOS/c1-8-3-9(2)5-10(4-8)12(14)11-6-15-7-13-11/h6-10H,3-5H2,1-2H3. The second-order valence-corrected chi connectivity index (χ2v) is 5.57. The predicted octanol–water partition coefficient (Wildman–Crippen LogP) is 3.40. The Hall–Kier alpha value is -0.700. The molecule has 3 heteroatoms. The first kappa shape index (κ1) is 10.8. The molecule has 82 valence electrons.